The maximum absolute atomic E-state index is 13.8. The van der Waals surface area contributed by atoms with Gasteiger partial charge >= 0.3 is 12.1 Å². The highest BCUT2D eigenvalue weighted by molar-refractivity contribution is 6.34. The number of benzene rings is 1. The molecule has 1 heterocycles. The number of allylic oxidation sites excluding steroid dienone is 1. The molecule has 1 aromatic carbocycles. The molecule has 3 rings (SSSR count). The minimum absolute atomic E-state index is 0.107. The Morgan fingerprint density at radius 3 is 2.50 bits per heavy atom. The quantitative estimate of drug-likeness (QED) is 0.388. The summed E-state index contributed by atoms with van der Waals surface area (Å²) in [6.45, 7) is 1.09. The number of anilines is 1. The van der Waals surface area contributed by atoms with Crippen molar-refractivity contribution in [2.75, 3.05) is 5.32 Å². The largest absolute Gasteiger partial charge is 0.459 e. The second-order valence-electron chi connectivity index (χ2n) is 7.35. The normalized spacial score (nSPS) is 14.9. The van der Waals surface area contributed by atoms with E-state index in [1.165, 1.54) is 25.4 Å². The third kappa shape index (κ3) is 4.62. The van der Waals surface area contributed by atoms with E-state index in [4.69, 9.17) is 17.0 Å². The standard InChI is InChI=1S/C20H19ClF5N5O/c1-10-16(19(22,23)20(24,25)26)30-31(2)17(10)28-9-12(8-27)11-3-6-15(21)14(7-11)18(32)29-13-4-5-13/h3,6-9,13,27-28H,4-5H2,1-2H3,(H,29,32)/b12-9+,27-8?. The highest BCUT2D eigenvalue weighted by Crippen LogP contribution is 2.45. The van der Waals surface area contributed by atoms with Crippen LogP contribution in [0.25, 0.3) is 5.57 Å². The van der Waals surface area contributed by atoms with Crippen LogP contribution in [0.3, 0.4) is 0 Å². The number of amides is 1. The van der Waals surface area contributed by atoms with Gasteiger partial charge in [0, 0.05) is 36.6 Å². The molecule has 172 valence electrons. The lowest BCUT2D eigenvalue weighted by molar-refractivity contribution is -0.291. The first kappa shape index (κ1) is 23.7. The summed E-state index contributed by atoms with van der Waals surface area (Å²) in [5, 5.41) is 16.6. The van der Waals surface area contributed by atoms with Crippen molar-refractivity contribution < 1.29 is 26.7 Å². The molecule has 32 heavy (non-hydrogen) atoms. The molecule has 1 fully saturated rings. The number of hydrogen-bond acceptors (Lipinski definition) is 4. The highest BCUT2D eigenvalue weighted by Gasteiger charge is 2.61. The Morgan fingerprint density at radius 1 is 1.28 bits per heavy atom. The van der Waals surface area contributed by atoms with Crippen molar-refractivity contribution in [2.24, 2.45) is 7.05 Å². The van der Waals surface area contributed by atoms with E-state index in [0.29, 0.717) is 5.56 Å². The van der Waals surface area contributed by atoms with Gasteiger partial charge < -0.3 is 16.0 Å². The summed E-state index contributed by atoms with van der Waals surface area (Å²) in [6.07, 6.45) is -1.83. The van der Waals surface area contributed by atoms with Crippen LogP contribution in [0.2, 0.25) is 5.02 Å². The van der Waals surface area contributed by atoms with Gasteiger partial charge in [-0.15, -0.1) is 0 Å². The van der Waals surface area contributed by atoms with Crippen molar-refractivity contribution in [2.45, 2.75) is 37.9 Å². The van der Waals surface area contributed by atoms with E-state index in [1.807, 2.05) is 0 Å². The summed E-state index contributed by atoms with van der Waals surface area (Å²) in [7, 11) is 1.21. The van der Waals surface area contributed by atoms with E-state index in [-0.39, 0.29) is 33.9 Å². The maximum Gasteiger partial charge on any atom is 0.459 e. The zero-order valence-electron chi connectivity index (χ0n) is 16.9. The van der Waals surface area contributed by atoms with Crippen LogP contribution in [-0.2, 0) is 13.0 Å². The topological polar surface area (TPSA) is 82.8 Å². The van der Waals surface area contributed by atoms with Crippen LogP contribution in [0.5, 0.6) is 0 Å². The number of aromatic nitrogens is 2. The second kappa shape index (κ2) is 8.53. The molecule has 3 N–H and O–H groups in total. The van der Waals surface area contributed by atoms with Gasteiger partial charge in [-0.05, 0) is 37.5 Å². The molecule has 1 amide bonds. The Balaban J connectivity index is 1.90. The maximum atomic E-state index is 13.8. The number of rotatable bonds is 7. The smallest absolute Gasteiger partial charge is 0.349 e. The van der Waals surface area contributed by atoms with E-state index in [1.54, 1.807) is 6.07 Å². The molecular formula is C20H19ClF5N5O. The van der Waals surface area contributed by atoms with E-state index in [0.717, 1.165) is 30.7 Å². The van der Waals surface area contributed by atoms with Gasteiger partial charge in [-0.2, -0.15) is 27.1 Å². The predicted octanol–water partition coefficient (Wildman–Crippen LogP) is 5.03. The molecule has 2 aromatic rings. The third-order valence-electron chi connectivity index (χ3n) is 4.91. The van der Waals surface area contributed by atoms with Gasteiger partial charge in [0.05, 0.1) is 10.6 Å². The molecule has 1 aliphatic rings. The lowest BCUT2D eigenvalue weighted by Gasteiger charge is -2.18. The van der Waals surface area contributed by atoms with Crippen molar-refractivity contribution >= 4 is 35.1 Å². The van der Waals surface area contributed by atoms with Gasteiger partial charge in [-0.25, -0.2) is 0 Å². The van der Waals surface area contributed by atoms with Crippen LogP contribution in [-0.4, -0.2) is 34.1 Å². The Hall–Kier alpha value is -2.95. The SMILES string of the molecule is Cc1c(C(F)(F)C(F)(F)F)nn(C)c1N/C=C(\C=N)c1ccc(Cl)c(C(=O)NC2CC2)c1. The number of carbonyl (C=O) groups is 1. The molecule has 12 heteroatoms. The monoisotopic (exact) mass is 475 g/mol. The number of halogens is 6. The van der Waals surface area contributed by atoms with Gasteiger partial charge in [0.1, 0.15) is 11.5 Å². The number of carbonyl (C=O) groups excluding carboxylic acids is 1. The summed E-state index contributed by atoms with van der Waals surface area (Å²) >= 11 is 6.11. The third-order valence-corrected chi connectivity index (χ3v) is 5.24. The number of nitrogens with zero attached hydrogens (tertiary/aromatic N) is 2. The van der Waals surface area contributed by atoms with Crippen LogP contribution in [0, 0.1) is 12.3 Å². The van der Waals surface area contributed by atoms with E-state index < -0.39 is 23.4 Å². The van der Waals surface area contributed by atoms with E-state index in [9.17, 15) is 26.7 Å². The molecule has 0 aliphatic heterocycles. The summed E-state index contributed by atoms with van der Waals surface area (Å²) in [5.74, 6) is -5.59. The zero-order chi connectivity index (χ0) is 23.8. The summed E-state index contributed by atoms with van der Waals surface area (Å²) < 4.78 is 66.6. The first-order valence-electron chi connectivity index (χ1n) is 9.43. The molecule has 0 atom stereocenters. The molecule has 0 radical (unpaired) electrons. The van der Waals surface area contributed by atoms with Gasteiger partial charge in [-0.1, -0.05) is 17.7 Å². The highest BCUT2D eigenvalue weighted by atomic mass is 35.5. The van der Waals surface area contributed by atoms with E-state index in [2.05, 4.69) is 15.7 Å². The molecule has 1 aliphatic carbocycles. The first-order valence-corrected chi connectivity index (χ1v) is 9.81. The Labute approximate surface area is 184 Å². The van der Waals surface area contributed by atoms with Crippen molar-refractivity contribution in [1.29, 1.82) is 5.41 Å². The van der Waals surface area contributed by atoms with Crippen molar-refractivity contribution in [3.05, 3.63) is 51.8 Å². The zero-order valence-corrected chi connectivity index (χ0v) is 17.7. The van der Waals surface area contributed by atoms with Crippen LogP contribution in [0.15, 0.2) is 24.4 Å². The van der Waals surface area contributed by atoms with Gasteiger partial charge in [0.2, 0.25) is 0 Å². The molecule has 6 nitrogen and oxygen atoms in total. The molecule has 0 saturated heterocycles. The fourth-order valence-corrected chi connectivity index (χ4v) is 3.19. The van der Waals surface area contributed by atoms with Crippen LogP contribution in [0.4, 0.5) is 27.8 Å². The predicted molar refractivity (Wildman–Crippen MR) is 110 cm³/mol. The number of nitrogens with one attached hydrogen (secondary N) is 3. The number of aryl methyl sites for hydroxylation is 1. The number of hydrogen-bond donors (Lipinski definition) is 3. The van der Waals surface area contributed by atoms with E-state index >= 15 is 0 Å². The molecule has 1 aromatic heterocycles. The van der Waals surface area contributed by atoms with Crippen LogP contribution in [0.1, 0.15) is 40.0 Å². The molecule has 0 spiro atoms. The Bertz CT molecular complexity index is 1090. The van der Waals surface area contributed by atoms with Gasteiger partial charge in [-0.3, -0.25) is 9.48 Å². The summed E-state index contributed by atoms with van der Waals surface area (Å²) in [5.41, 5.74) is -0.959. The molecular weight excluding hydrogens is 457 g/mol. The lowest BCUT2D eigenvalue weighted by atomic mass is 10.0. The summed E-state index contributed by atoms with van der Waals surface area (Å²) in [6, 6.07) is 4.61. The fourth-order valence-electron chi connectivity index (χ4n) is 2.99. The minimum atomic E-state index is -5.79. The fraction of sp³-hybridized carbons (Fsp3) is 0.350. The average molecular weight is 476 g/mol. The molecule has 0 unspecified atom stereocenters. The first-order chi connectivity index (χ1) is 14.9. The Kier molecular flexibility index (Phi) is 6.32. The van der Waals surface area contributed by atoms with Crippen molar-refractivity contribution in [3.8, 4) is 0 Å². The molecule has 0 bridgehead atoms. The second-order valence-corrected chi connectivity index (χ2v) is 7.76. The number of alkyl halides is 5. The summed E-state index contributed by atoms with van der Waals surface area (Å²) in [4.78, 5) is 12.4. The van der Waals surface area contributed by atoms with Gasteiger partial charge in [0.25, 0.3) is 5.91 Å². The lowest BCUT2D eigenvalue weighted by Crippen LogP contribution is -2.34. The van der Waals surface area contributed by atoms with Crippen molar-refractivity contribution in [3.63, 3.8) is 0 Å². The average Bonchev–Trinajstić information content (AvgIpc) is 3.47. The van der Waals surface area contributed by atoms with Crippen LogP contribution < -0.4 is 10.6 Å². The van der Waals surface area contributed by atoms with Crippen molar-refractivity contribution in [1.82, 2.24) is 15.1 Å². The minimum Gasteiger partial charge on any atom is -0.349 e. The molecule has 1 saturated carbocycles. The van der Waals surface area contributed by atoms with Crippen LogP contribution >= 0.6 is 11.6 Å². The van der Waals surface area contributed by atoms with Gasteiger partial charge in [0.15, 0.2) is 0 Å². The Morgan fingerprint density at radius 2 is 1.94 bits per heavy atom.